The molecule has 0 aliphatic rings. The molecule has 2 N–H and O–H groups in total. The zero-order valence-corrected chi connectivity index (χ0v) is 11.6. The van der Waals surface area contributed by atoms with Gasteiger partial charge in [0, 0.05) is 22.8 Å². The van der Waals surface area contributed by atoms with Crippen LogP contribution in [-0.2, 0) is 0 Å². The molecule has 20 heavy (non-hydrogen) atoms. The normalized spacial score (nSPS) is 12.2. The Morgan fingerprint density at radius 3 is 2.75 bits per heavy atom. The van der Waals surface area contributed by atoms with Crippen LogP contribution in [0, 0.1) is 18.6 Å². The Morgan fingerprint density at radius 2 is 2.00 bits per heavy atom. The molecule has 106 valence electrons. The molecule has 0 aliphatic carbocycles. The maximum absolute atomic E-state index is 13.5. The average molecular weight is 298 g/mol. The van der Waals surface area contributed by atoms with Crippen molar-refractivity contribution in [2.75, 3.05) is 11.9 Å². The molecule has 0 spiro atoms. The molecule has 1 unspecified atom stereocenters. The fourth-order valence-corrected chi connectivity index (χ4v) is 2.06. The quantitative estimate of drug-likeness (QED) is 0.891. The molecule has 0 saturated carbocycles. The third kappa shape index (κ3) is 3.26. The summed E-state index contributed by atoms with van der Waals surface area (Å²) in [5, 5.41) is 13.5. The first-order valence-electron chi connectivity index (χ1n) is 6.11. The van der Waals surface area contributed by atoms with Gasteiger partial charge in [0.1, 0.15) is 11.6 Å². The van der Waals surface area contributed by atoms with Gasteiger partial charge in [0.2, 0.25) is 0 Å². The second-order valence-corrected chi connectivity index (χ2v) is 4.88. The van der Waals surface area contributed by atoms with Crippen LogP contribution in [0.4, 0.5) is 14.5 Å². The number of aliphatic hydroxyl groups excluding tert-OH is 1. The number of aliphatic hydroxyl groups is 1. The lowest BCUT2D eigenvalue weighted by Gasteiger charge is -2.15. The van der Waals surface area contributed by atoms with Gasteiger partial charge in [0.15, 0.2) is 0 Å². The minimum atomic E-state index is -1.15. The predicted octanol–water partition coefficient (Wildman–Crippen LogP) is 4.07. The van der Waals surface area contributed by atoms with Gasteiger partial charge in [0.25, 0.3) is 0 Å². The molecule has 5 heteroatoms. The molecule has 0 fully saturated rings. The zero-order valence-electron chi connectivity index (χ0n) is 10.8. The smallest absolute Gasteiger partial charge is 0.129 e. The second kappa shape index (κ2) is 6.20. The molecule has 0 aliphatic heterocycles. The molecule has 2 aromatic carbocycles. The molecule has 0 radical (unpaired) electrons. The third-order valence-corrected chi connectivity index (χ3v) is 3.48. The first-order valence-corrected chi connectivity index (χ1v) is 6.49. The van der Waals surface area contributed by atoms with E-state index in [0.29, 0.717) is 5.02 Å². The summed E-state index contributed by atoms with van der Waals surface area (Å²) in [5.41, 5.74) is 1.51. The van der Waals surface area contributed by atoms with Crippen molar-refractivity contribution in [3.05, 3.63) is 64.2 Å². The SMILES string of the molecule is Cc1c(Cl)cccc1NCC(O)c1cc(F)ccc1F. The summed E-state index contributed by atoms with van der Waals surface area (Å²) in [4.78, 5) is 0. The Hall–Kier alpha value is -1.65. The lowest BCUT2D eigenvalue weighted by Crippen LogP contribution is -2.14. The van der Waals surface area contributed by atoms with Gasteiger partial charge in [-0.05, 0) is 42.8 Å². The highest BCUT2D eigenvalue weighted by atomic mass is 35.5. The first kappa shape index (κ1) is 14.8. The molecule has 2 nitrogen and oxygen atoms in total. The van der Waals surface area contributed by atoms with E-state index < -0.39 is 17.7 Å². The molecular formula is C15H14ClF2NO. The summed E-state index contributed by atoms with van der Waals surface area (Å²) in [6.45, 7) is 1.89. The van der Waals surface area contributed by atoms with Gasteiger partial charge in [-0.3, -0.25) is 0 Å². The molecule has 1 atom stereocenters. The number of hydrogen-bond donors (Lipinski definition) is 2. The highest BCUT2D eigenvalue weighted by Gasteiger charge is 2.14. The summed E-state index contributed by atoms with van der Waals surface area (Å²) in [6.07, 6.45) is -1.15. The molecule has 0 saturated heterocycles. The fraction of sp³-hybridized carbons (Fsp3) is 0.200. The molecule has 0 heterocycles. The van der Waals surface area contributed by atoms with Crippen LogP contribution in [0.3, 0.4) is 0 Å². The van der Waals surface area contributed by atoms with E-state index in [4.69, 9.17) is 11.6 Å². The van der Waals surface area contributed by atoms with Crippen LogP contribution in [-0.4, -0.2) is 11.7 Å². The summed E-state index contributed by atoms with van der Waals surface area (Å²) in [7, 11) is 0. The Bertz CT molecular complexity index is 619. The van der Waals surface area contributed by atoms with Crippen molar-refractivity contribution in [2.24, 2.45) is 0 Å². The van der Waals surface area contributed by atoms with Gasteiger partial charge in [-0.25, -0.2) is 8.78 Å². The molecule has 2 aromatic rings. The van der Waals surface area contributed by atoms with Gasteiger partial charge < -0.3 is 10.4 Å². The number of hydrogen-bond acceptors (Lipinski definition) is 2. The molecule has 0 aromatic heterocycles. The van der Waals surface area contributed by atoms with Gasteiger partial charge in [-0.1, -0.05) is 17.7 Å². The van der Waals surface area contributed by atoms with Crippen molar-refractivity contribution in [2.45, 2.75) is 13.0 Å². The standard InChI is InChI=1S/C15H14ClF2NO/c1-9-12(16)3-2-4-14(9)19-8-15(20)11-7-10(17)5-6-13(11)18/h2-7,15,19-20H,8H2,1H3. The van der Waals surface area contributed by atoms with Crippen LogP contribution in [0.1, 0.15) is 17.2 Å². The number of anilines is 1. The third-order valence-electron chi connectivity index (χ3n) is 3.07. The fourth-order valence-electron chi connectivity index (χ4n) is 1.89. The molecule has 0 bridgehead atoms. The molecule has 0 amide bonds. The highest BCUT2D eigenvalue weighted by molar-refractivity contribution is 6.31. The Morgan fingerprint density at radius 1 is 1.25 bits per heavy atom. The van der Waals surface area contributed by atoms with Crippen LogP contribution in [0.25, 0.3) is 0 Å². The summed E-state index contributed by atoms with van der Waals surface area (Å²) in [5.74, 6) is -1.22. The van der Waals surface area contributed by atoms with Crippen molar-refractivity contribution in [1.29, 1.82) is 0 Å². The lowest BCUT2D eigenvalue weighted by molar-refractivity contribution is 0.186. The maximum Gasteiger partial charge on any atom is 0.129 e. The van der Waals surface area contributed by atoms with E-state index in [-0.39, 0.29) is 12.1 Å². The van der Waals surface area contributed by atoms with E-state index in [1.807, 2.05) is 6.92 Å². The number of benzene rings is 2. The van der Waals surface area contributed by atoms with Crippen molar-refractivity contribution in [3.8, 4) is 0 Å². The number of halogens is 3. The number of nitrogens with one attached hydrogen (secondary N) is 1. The Kier molecular flexibility index (Phi) is 4.57. The summed E-state index contributed by atoms with van der Waals surface area (Å²) >= 11 is 5.98. The predicted molar refractivity (Wildman–Crippen MR) is 76.0 cm³/mol. The molecular weight excluding hydrogens is 284 g/mol. The van der Waals surface area contributed by atoms with Gasteiger partial charge in [-0.15, -0.1) is 0 Å². The minimum Gasteiger partial charge on any atom is -0.386 e. The van der Waals surface area contributed by atoms with E-state index in [2.05, 4.69) is 5.32 Å². The lowest BCUT2D eigenvalue weighted by atomic mass is 10.1. The van der Waals surface area contributed by atoms with E-state index in [1.165, 1.54) is 0 Å². The van der Waals surface area contributed by atoms with E-state index in [1.54, 1.807) is 18.2 Å². The minimum absolute atomic E-state index is 0.0571. The van der Waals surface area contributed by atoms with E-state index in [0.717, 1.165) is 29.4 Å². The van der Waals surface area contributed by atoms with E-state index in [9.17, 15) is 13.9 Å². The van der Waals surface area contributed by atoms with Gasteiger partial charge >= 0.3 is 0 Å². The first-order chi connectivity index (χ1) is 9.49. The molecule has 2 rings (SSSR count). The summed E-state index contributed by atoms with van der Waals surface area (Å²) in [6, 6.07) is 8.33. The topological polar surface area (TPSA) is 32.3 Å². The van der Waals surface area contributed by atoms with Gasteiger partial charge in [0.05, 0.1) is 6.10 Å². The monoisotopic (exact) mass is 297 g/mol. The van der Waals surface area contributed by atoms with E-state index >= 15 is 0 Å². The van der Waals surface area contributed by atoms with Crippen LogP contribution >= 0.6 is 11.6 Å². The second-order valence-electron chi connectivity index (χ2n) is 4.47. The highest BCUT2D eigenvalue weighted by Crippen LogP contribution is 2.24. The van der Waals surface area contributed by atoms with Crippen molar-refractivity contribution in [1.82, 2.24) is 0 Å². The Balaban J connectivity index is 2.10. The van der Waals surface area contributed by atoms with Crippen molar-refractivity contribution < 1.29 is 13.9 Å². The average Bonchev–Trinajstić information content (AvgIpc) is 2.43. The number of rotatable bonds is 4. The zero-order chi connectivity index (χ0) is 14.7. The van der Waals surface area contributed by atoms with Gasteiger partial charge in [-0.2, -0.15) is 0 Å². The Labute approximate surface area is 121 Å². The van der Waals surface area contributed by atoms with Crippen molar-refractivity contribution in [3.63, 3.8) is 0 Å². The van der Waals surface area contributed by atoms with Crippen LogP contribution in [0.15, 0.2) is 36.4 Å². The largest absolute Gasteiger partial charge is 0.386 e. The van der Waals surface area contributed by atoms with Crippen LogP contribution in [0.2, 0.25) is 5.02 Å². The van der Waals surface area contributed by atoms with Crippen LogP contribution in [0.5, 0.6) is 0 Å². The van der Waals surface area contributed by atoms with Crippen molar-refractivity contribution >= 4 is 17.3 Å². The maximum atomic E-state index is 13.5. The van der Waals surface area contributed by atoms with Crippen LogP contribution < -0.4 is 5.32 Å². The summed E-state index contributed by atoms with van der Waals surface area (Å²) < 4.78 is 26.6.